The average molecular weight is 456 g/mol. The molecule has 0 atom stereocenters. The molecular weight excluding hydrogens is 430 g/mol. The largest absolute Gasteiger partial charge is 0.505 e. The topological polar surface area (TPSA) is 116 Å². The summed E-state index contributed by atoms with van der Waals surface area (Å²) >= 11 is 0. The van der Waals surface area contributed by atoms with Crippen LogP contribution in [0.2, 0.25) is 0 Å². The fourth-order valence-electron chi connectivity index (χ4n) is 3.28. The van der Waals surface area contributed by atoms with Crippen LogP contribution in [0.1, 0.15) is 12.5 Å². The highest BCUT2D eigenvalue weighted by molar-refractivity contribution is 7.87. The third kappa shape index (κ3) is 4.46. The summed E-state index contributed by atoms with van der Waals surface area (Å²) in [5.41, 5.74) is 2.54. The number of phenolic OH excluding ortho intramolecular Hbond substituents is 1. The Labute approximate surface area is 187 Å². The van der Waals surface area contributed by atoms with Gasteiger partial charge >= 0.3 is 0 Å². The molecule has 0 aliphatic carbocycles. The minimum absolute atomic E-state index is 0.189. The van der Waals surface area contributed by atoms with Crippen molar-refractivity contribution in [3.63, 3.8) is 0 Å². The fraction of sp³-hybridized carbons (Fsp3) is 0.273. The molecule has 0 aliphatic heterocycles. The summed E-state index contributed by atoms with van der Waals surface area (Å²) in [7, 11) is 0.359. The maximum Gasteiger partial charge on any atom is 0.299 e. The van der Waals surface area contributed by atoms with Crippen LogP contribution in [-0.4, -0.2) is 41.3 Å². The van der Waals surface area contributed by atoms with Gasteiger partial charge in [0.15, 0.2) is 5.75 Å². The Morgan fingerprint density at radius 3 is 2.47 bits per heavy atom. The second-order valence-corrected chi connectivity index (χ2v) is 8.73. The Balaban J connectivity index is 2.26. The van der Waals surface area contributed by atoms with E-state index in [4.69, 9.17) is 4.18 Å². The van der Waals surface area contributed by atoms with Crippen molar-refractivity contribution < 1.29 is 17.7 Å². The third-order valence-electron chi connectivity index (χ3n) is 5.08. The van der Waals surface area contributed by atoms with Crippen molar-refractivity contribution in [2.24, 2.45) is 20.5 Å². The molecule has 0 heterocycles. The van der Waals surface area contributed by atoms with Gasteiger partial charge in [-0.2, -0.15) is 23.8 Å². The molecule has 0 bridgehead atoms. The zero-order chi connectivity index (χ0) is 23.5. The Hall–Kier alpha value is -3.37. The van der Waals surface area contributed by atoms with E-state index < -0.39 is 10.1 Å². The molecule has 0 saturated heterocycles. The van der Waals surface area contributed by atoms with Gasteiger partial charge in [0.2, 0.25) is 0 Å². The van der Waals surface area contributed by atoms with Gasteiger partial charge in [0.1, 0.15) is 10.6 Å². The highest BCUT2D eigenvalue weighted by atomic mass is 32.2. The Kier molecular flexibility index (Phi) is 6.85. The number of hydrogen-bond acceptors (Lipinski definition) is 9. The fourth-order valence-corrected chi connectivity index (χ4v) is 4.10. The zero-order valence-corrected chi connectivity index (χ0v) is 19.4. The van der Waals surface area contributed by atoms with Crippen LogP contribution >= 0.6 is 0 Å². The van der Waals surface area contributed by atoms with Crippen molar-refractivity contribution >= 4 is 43.6 Å². The molecule has 9 nitrogen and oxygen atoms in total. The normalized spacial score (nSPS) is 12.3. The Morgan fingerprint density at radius 2 is 1.84 bits per heavy atom. The molecule has 0 spiro atoms. The van der Waals surface area contributed by atoms with E-state index in [-0.39, 0.29) is 16.3 Å². The van der Waals surface area contributed by atoms with Crippen molar-refractivity contribution in [2.45, 2.75) is 18.7 Å². The minimum atomic E-state index is -4.16. The van der Waals surface area contributed by atoms with Gasteiger partial charge in [-0.1, -0.05) is 12.1 Å². The minimum Gasteiger partial charge on any atom is -0.505 e. The van der Waals surface area contributed by atoms with Gasteiger partial charge in [0.05, 0.1) is 18.5 Å². The summed E-state index contributed by atoms with van der Waals surface area (Å²) in [4.78, 5) is 1.68. The highest BCUT2D eigenvalue weighted by Gasteiger charge is 2.25. The molecule has 10 heteroatoms. The third-order valence-corrected chi connectivity index (χ3v) is 6.37. The lowest BCUT2D eigenvalue weighted by molar-refractivity contribution is 0.397. The maximum atomic E-state index is 12.6. The number of rotatable bonds is 7. The van der Waals surface area contributed by atoms with Crippen LogP contribution in [0.5, 0.6) is 5.75 Å². The molecule has 0 fully saturated rings. The van der Waals surface area contributed by atoms with Crippen molar-refractivity contribution in [1.82, 2.24) is 0 Å². The standard InChI is InChI=1S/C22H25N5O4S/c1-6-27(4)18-9-7-8-15-13-19(32(29,30)31-5)21(22(28)20(15)18)26-24-16-10-11-17(25-23-3)14(2)12-16/h7-13,28H,6H2,1-5H3. The van der Waals surface area contributed by atoms with Crippen LogP contribution in [0, 0.1) is 6.92 Å². The number of benzene rings is 3. The second-order valence-electron chi connectivity index (χ2n) is 7.05. The van der Waals surface area contributed by atoms with Crippen LogP contribution in [0.15, 0.2) is 67.8 Å². The van der Waals surface area contributed by atoms with Crippen molar-refractivity contribution in [3.05, 3.63) is 48.0 Å². The molecule has 0 radical (unpaired) electrons. The molecule has 0 aliphatic rings. The number of fused-ring (bicyclic) bond motifs is 1. The van der Waals surface area contributed by atoms with E-state index in [0.717, 1.165) is 18.4 Å². The molecule has 3 aromatic carbocycles. The maximum absolute atomic E-state index is 12.6. The number of phenols is 1. The predicted octanol–water partition coefficient (Wildman–Crippen LogP) is 5.77. The van der Waals surface area contributed by atoms with Gasteiger partial charge in [-0.25, -0.2) is 0 Å². The van der Waals surface area contributed by atoms with Crippen LogP contribution in [-0.2, 0) is 14.3 Å². The molecule has 32 heavy (non-hydrogen) atoms. The summed E-state index contributed by atoms with van der Waals surface area (Å²) in [6.45, 7) is 4.52. The van der Waals surface area contributed by atoms with Crippen molar-refractivity contribution in [3.8, 4) is 5.75 Å². The lowest BCUT2D eigenvalue weighted by atomic mass is 10.1. The molecule has 3 aromatic rings. The summed E-state index contributed by atoms with van der Waals surface area (Å²) in [6, 6.07) is 12.0. The number of aromatic hydroxyl groups is 1. The molecule has 0 unspecified atom stereocenters. The van der Waals surface area contributed by atoms with E-state index in [2.05, 4.69) is 20.5 Å². The summed E-state index contributed by atoms with van der Waals surface area (Å²) in [5, 5.41) is 28.2. The van der Waals surface area contributed by atoms with Crippen LogP contribution < -0.4 is 4.90 Å². The molecule has 3 rings (SSSR count). The first-order chi connectivity index (χ1) is 15.2. The van der Waals surface area contributed by atoms with Gasteiger partial charge in [-0.3, -0.25) is 4.18 Å². The van der Waals surface area contributed by atoms with E-state index in [1.807, 2.05) is 31.9 Å². The van der Waals surface area contributed by atoms with E-state index >= 15 is 0 Å². The van der Waals surface area contributed by atoms with Gasteiger partial charge in [-0.15, -0.1) is 5.11 Å². The monoisotopic (exact) mass is 455 g/mol. The first kappa shape index (κ1) is 23.3. The van der Waals surface area contributed by atoms with E-state index in [1.165, 1.54) is 6.07 Å². The second kappa shape index (κ2) is 9.41. The summed E-state index contributed by atoms with van der Waals surface area (Å²) in [5.74, 6) is -0.286. The molecule has 168 valence electrons. The number of aryl methyl sites for hydroxylation is 1. The zero-order valence-electron chi connectivity index (χ0n) is 18.6. The quantitative estimate of drug-likeness (QED) is 0.358. The van der Waals surface area contributed by atoms with Gasteiger partial charge in [-0.05, 0) is 55.1 Å². The van der Waals surface area contributed by atoms with E-state index in [0.29, 0.717) is 28.7 Å². The van der Waals surface area contributed by atoms with Gasteiger partial charge in [0.25, 0.3) is 10.1 Å². The molecular formula is C22H25N5O4S. The van der Waals surface area contributed by atoms with Crippen LogP contribution in [0.25, 0.3) is 10.8 Å². The smallest absolute Gasteiger partial charge is 0.299 e. The average Bonchev–Trinajstić information content (AvgIpc) is 2.79. The summed E-state index contributed by atoms with van der Waals surface area (Å²) in [6.07, 6.45) is 0. The molecule has 0 saturated carbocycles. The van der Waals surface area contributed by atoms with E-state index in [1.54, 1.807) is 37.4 Å². The van der Waals surface area contributed by atoms with Gasteiger partial charge < -0.3 is 10.0 Å². The van der Waals surface area contributed by atoms with Crippen molar-refractivity contribution in [2.75, 3.05) is 32.6 Å². The number of anilines is 1. The first-order valence-electron chi connectivity index (χ1n) is 9.86. The van der Waals surface area contributed by atoms with Gasteiger partial charge in [0, 0.05) is 31.7 Å². The van der Waals surface area contributed by atoms with Crippen molar-refractivity contribution in [1.29, 1.82) is 0 Å². The number of azo groups is 2. The lowest BCUT2D eigenvalue weighted by Gasteiger charge is -2.20. The Morgan fingerprint density at radius 1 is 1.09 bits per heavy atom. The molecule has 0 aromatic heterocycles. The SMILES string of the molecule is CCN(C)c1cccc2cc(S(=O)(=O)OC)c(N=Nc3ccc(N=NC)c(C)c3)c(O)c12. The van der Waals surface area contributed by atoms with E-state index in [9.17, 15) is 13.5 Å². The van der Waals surface area contributed by atoms with Crippen LogP contribution in [0.3, 0.4) is 0 Å². The first-order valence-corrected chi connectivity index (χ1v) is 11.3. The van der Waals surface area contributed by atoms with Crippen LogP contribution in [0.4, 0.5) is 22.7 Å². The highest BCUT2D eigenvalue weighted by Crippen LogP contribution is 2.45. The Bertz CT molecular complexity index is 1320. The number of nitrogens with zero attached hydrogens (tertiary/aromatic N) is 5. The number of hydrogen-bond donors (Lipinski definition) is 1. The predicted molar refractivity (Wildman–Crippen MR) is 125 cm³/mol. The lowest BCUT2D eigenvalue weighted by Crippen LogP contribution is -2.16. The molecule has 0 amide bonds. The summed E-state index contributed by atoms with van der Waals surface area (Å²) < 4.78 is 29.9. The molecule has 1 N–H and O–H groups in total.